The first kappa shape index (κ1) is 18.4. The van der Waals surface area contributed by atoms with E-state index >= 15 is 0 Å². The van der Waals surface area contributed by atoms with Gasteiger partial charge in [0.1, 0.15) is 0 Å². The Morgan fingerprint density at radius 2 is 1.56 bits per heavy atom. The van der Waals surface area contributed by atoms with Crippen LogP contribution >= 0.6 is 0 Å². The van der Waals surface area contributed by atoms with Gasteiger partial charge in [0.25, 0.3) is 5.91 Å². The molecule has 2 atom stereocenters. The Kier molecular flexibility index (Phi) is 5.43. The number of carbonyl (C=O) groups is 2. The third-order valence-electron chi connectivity index (χ3n) is 6.70. The van der Waals surface area contributed by atoms with E-state index in [1.807, 2.05) is 4.90 Å². The molecule has 146 valence electrons. The Balaban J connectivity index is 1.27. The molecule has 4 rings (SSSR count). The van der Waals surface area contributed by atoms with Crippen LogP contribution in [0.1, 0.15) is 36.0 Å². The molecule has 0 saturated carbocycles. The fourth-order valence-electron chi connectivity index (χ4n) is 5.02. The van der Waals surface area contributed by atoms with Crippen LogP contribution in [0.3, 0.4) is 0 Å². The molecule has 3 aliphatic heterocycles. The second-order valence-corrected chi connectivity index (χ2v) is 8.45. The second-order valence-electron chi connectivity index (χ2n) is 8.45. The van der Waals surface area contributed by atoms with E-state index in [0.717, 1.165) is 70.5 Å². The van der Waals surface area contributed by atoms with Crippen LogP contribution in [0.25, 0.3) is 0 Å². The first-order valence-electron chi connectivity index (χ1n) is 10.3. The van der Waals surface area contributed by atoms with Gasteiger partial charge in [0.05, 0.1) is 5.92 Å². The van der Waals surface area contributed by atoms with Crippen molar-refractivity contribution in [3.05, 3.63) is 30.1 Å². The zero-order valence-corrected chi connectivity index (χ0v) is 16.2. The SMILES string of the molecule is CN1CCC(C(=O)N2CCC(C3CCN(C(=O)c4ccncc4)CC3)C2)C1. The molecular formula is C21H30N4O2. The summed E-state index contributed by atoms with van der Waals surface area (Å²) in [5, 5.41) is 0. The van der Waals surface area contributed by atoms with Crippen molar-refractivity contribution in [3.63, 3.8) is 0 Å². The topological polar surface area (TPSA) is 56.8 Å². The smallest absolute Gasteiger partial charge is 0.253 e. The van der Waals surface area contributed by atoms with Gasteiger partial charge in [-0.15, -0.1) is 0 Å². The molecule has 0 radical (unpaired) electrons. The summed E-state index contributed by atoms with van der Waals surface area (Å²) in [6.45, 7) is 5.43. The van der Waals surface area contributed by atoms with Gasteiger partial charge in [-0.25, -0.2) is 0 Å². The van der Waals surface area contributed by atoms with Gasteiger partial charge in [0, 0.05) is 50.7 Å². The molecule has 27 heavy (non-hydrogen) atoms. The summed E-state index contributed by atoms with van der Waals surface area (Å²) in [6, 6.07) is 3.57. The number of rotatable bonds is 3. The molecule has 3 aliphatic rings. The van der Waals surface area contributed by atoms with Gasteiger partial charge >= 0.3 is 0 Å². The maximum Gasteiger partial charge on any atom is 0.253 e. The molecule has 2 unspecified atom stereocenters. The van der Waals surface area contributed by atoms with Crippen LogP contribution in [-0.2, 0) is 4.79 Å². The Labute approximate surface area is 161 Å². The lowest BCUT2D eigenvalue weighted by atomic mass is 9.83. The average molecular weight is 370 g/mol. The van der Waals surface area contributed by atoms with Crippen molar-refractivity contribution in [1.29, 1.82) is 0 Å². The van der Waals surface area contributed by atoms with Crippen molar-refractivity contribution in [2.45, 2.75) is 25.7 Å². The number of hydrogen-bond donors (Lipinski definition) is 0. The molecule has 4 heterocycles. The zero-order valence-electron chi connectivity index (χ0n) is 16.2. The fraction of sp³-hybridized carbons (Fsp3) is 0.667. The van der Waals surface area contributed by atoms with Gasteiger partial charge < -0.3 is 14.7 Å². The summed E-state index contributed by atoms with van der Waals surface area (Å²) < 4.78 is 0. The monoisotopic (exact) mass is 370 g/mol. The van der Waals surface area contributed by atoms with Gasteiger partial charge in [-0.2, -0.15) is 0 Å². The van der Waals surface area contributed by atoms with E-state index in [2.05, 4.69) is 21.8 Å². The fourth-order valence-corrected chi connectivity index (χ4v) is 5.02. The van der Waals surface area contributed by atoms with Gasteiger partial charge in [-0.05, 0) is 63.2 Å². The van der Waals surface area contributed by atoms with Crippen LogP contribution in [-0.4, -0.2) is 77.8 Å². The molecule has 0 aliphatic carbocycles. The predicted octanol–water partition coefficient (Wildman–Crippen LogP) is 1.73. The van der Waals surface area contributed by atoms with Gasteiger partial charge in [-0.3, -0.25) is 14.6 Å². The first-order chi connectivity index (χ1) is 13.1. The quantitative estimate of drug-likeness (QED) is 0.813. The van der Waals surface area contributed by atoms with E-state index in [0.29, 0.717) is 17.7 Å². The van der Waals surface area contributed by atoms with E-state index < -0.39 is 0 Å². The minimum Gasteiger partial charge on any atom is -0.342 e. The van der Waals surface area contributed by atoms with E-state index in [1.165, 1.54) is 0 Å². The maximum atomic E-state index is 12.8. The van der Waals surface area contributed by atoms with Crippen LogP contribution < -0.4 is 0 Å². The summed E-state index contributed by atoms with van der Waals surface area (Å²) in [7, 11) is 2.10. The van der Waals surface area contributed by atoms with Crippen molar-refractivity contribution in [3.8, 4) is 0 Å². The number of piperidine rings is 1. The highest BCUT2D eigenvalue weighted by molar-refractivity contribution is 5.94. The number of nitrogens with zero attached hydrogens (tertiary/aromatic N) is 4. The first-order valence-corrected chi connectivity index (χ1v) is 10.3. The van der Waals surface area contributed by atoms with Crippen molar-refractivity contribution in [2.75, 3.05) is 46.3 Å². The molecule has 6 nitrogen and oxygen atoms in total. The number of aromatic nitrogens is 1. The number of likely N-dealkylation sites (tertiary alicyclic amines) is 3. The van der Waals surface area contributed by atoms with Crippen LogP contribution in [0, 0.1) is 17.8 Å². The standard InChI is InChI=1S/C21H30N4O2/c1-23-10-4-19(14-23)21(27)25-13-7-18(15-25)16-5-11-24(12-6-16)20(26)17-2-8-22-9-3-17/h2-3,8-9,16,18-19H,4-7,10-15H2,1H3. The molecule has 0 N–H and O–H groups in total. The highest BCUT2D eigenvalue weighted by Crippen LogP contribution is 2.33. The third-order valence-corrected chi connectivity index (χ3v) is 6.70. The summed E-state index contributed by atoms with van der Waals surface area (Å²) >= 11 is 0. The summed E-state index contributed by atoms with van der Waals surface area (Å²) in [6.07, 6.45) is 7.58. The summed E-state index contributed by atoms with van der Waals surface area (Å²) in [5.74, 6) is 1.92. The average Bonchev–Trinajstić information content (AvgIpc) is 3.37. The number of pyridine rings is 1. The van der Waals surface area contributed by atoms with Crippen molar-refractivity contribution < 1.29 is 9.59 Å². The van der Waals surface area contributed by atoms with E-state index in [1.54, 1.807) is 24.5 Å². The predicted molar refractivity (Wildman–Crippen MR) is 103 cm³/mol. The van der Waals surface area contributed by atoms with E-state index in [-0.39, 0.29) is 11.8 Å². The minimum absolute atomic E-state index is 0.115. The third kappa shape index (κ3) is 4.00. The van der Waals surface area contributed by atoms with Gasteiger partial charge in [-0.1, -0.05) is 0 Å². The van der Waals surface area contributed by atoms with Gasteiger partial charge in [0.2, 0.25) is 5.91 Å². The molecule has 0 aromatic carbocycles. The highest BCUT2D eigenvalue weighted by atomic mass is 16.2. The molecule has 0 bridgehead atoms. The number of carbonyl (C=O) groups excluding carboxylic acids is 2. The van der Waals surface area contributed by atoms with E-state index in [9.17, 15) is 9.59 Å². The molecule has 3 fully saturated rings. The Hall–Kier alpha value is -1.95. The molecule has 1 aromatic heterocycles. The Morgan fingerprint density at radius 3 is 2.22 bits per heavy atom. The lowest BCUT2D eigenvalue weighted by molar-refractivity contribution is -0.134. The van der Waals surface area contributed by atoms with Crippen molar-refractivity contribution in [2.24, 2.45) is 17.8 Å². The largest absolute Gasteiger partial charge is 0.342 e. The highest BCUT2D eigenvalue weighted by Gasteiger charge is 2.37. The summed E-state index contributed by atoms with van der Waals surface area (Å²) in [4.78, 5) is 35.7. The molecule has 3 saturated heterocycles. The molecule has 1 aromatic rings. The molecule has 2 amide bonds. The molecular weight excluding hydrogens is 340 g/mol. The van der Waals surface area contributed by atoms with Gasteiger partial charge in [0.15, 0.2) is 0 Å². The van der Waals surface area contributed by atoms with Crippen LogP contribution in [0.4, 0.5) is 0 Å². The normalized spacial score (nSPS) is 27.3. The number of amides is 2. The van der Waals surface area contributed by atoms with E-state index in [4.69, 9.17) is 0 Å². The number of hydrogen-bond acceptors (Lipinski definition) is 4. The molecule has 0 spiro atoms. The maximum absolute atomic E-state index is 12.8. The van der Waals surface area contributed by atoms with Crippen molar-refractivity contribution in [1.82, 2.24) is 19.7 Å². The van der Waals surface area contributed by atoms with Crippen LogP contribution in [0.2, 0.25) is 0 Å². The summed E-state index contributed by atoms with van der Waals surface area (Å²) in [5.41, 5.74) is 0.725. The van der Waals surface area contributed by atoms with Crippen LogP contribution in [0.15, 0.2) is 24.5 Å². The van der Waals surface area contributed by atoms with Crippen LogP contribution in [0.5, 0.6) is 0 Å². The lowest BCUT2D eigenvalue weighted by Crippen LogP contribution is -2.41. The molecule has 6 heteroatoms. The second kappa shape index (κ2) is 7.97. The lowest BCUT2D eigenvalue weighted by Gasteiger charge is -2.35. The Bertz CT molecular complexity index is 672. The Morgan fingerprint density at radius 1 is 0.889 bits per heavy atom. The van der Waals surface area contributed by atoms with Crippen molar-refractivity contribution >= 4 is 11.8 Å². The zero-order chi connectivity index (χ0) is 18.8. The minimum atomic E-state index is 0.115.